The number of hydrogen-bond donors (Lipinski definition) is 1. The van der Waals surface area contributed by atoms with E-state index in [-0.39, 0.29) is 11.9 Å². The van der Waals surface area contributed by atoms with Crippen molar-refractivity contribution < 1.29 is 4.79 Å². The Balaban J connectivity index is 1.37. The summed E-state index contributed by atoms with van der Waals surface area (Å²) in [4.78, 5) is 19.7. The molecule has 2 heterocycles. The lowest BCUT2D eigenvalue weighted by atomic mass is 10.1. The Labute approximate surface area is 172 Å². The lowest BCUT2D eigenvalue weighted by Crippen LogP contribution is -2.53. The number of nitrogens with two attached hydrogens (primary N) is 1. The van der Waals surface area contributed by atoms with Crippen LogP contribution in [-0.2, 0) is 11.3 Å². The highest BCUT2D eigenvalue weighted by Gasteiger charge is 2.34. The number of carbonyl (C=O) groups excluding carboxylic acids is 1. The van der Waals surface area contributed by atoms with Gasteiger partial charge in [0, 0.05) is 38.4 Å². The van der Waals surface area contributed by atoms with Crippen LogP contribution in [0, 0.1) is 11.3 Å². The summed E-state index contributed by atoms with van der Waals surface area (Å²) in [5.41, 5.74) is 9.40. The minimum atomic E-state index is -0.0366. The maximum atomic E-state index is 13.2. The minimum absolute atomic E-state index is 0.0366. The van der Waals surface area contributed by atoms with E-state index in [9.17, 15) is 10.1 Å². The molecular formula is C23H27N5O. The summed E-state index contributed by atoms with van der Waals surface area (Å²) in [7, 11) is 0. The van der Waals surface area contributed by atoms with Crippen molar-refractivity contribution in [1.29, 1.82) is 5.26 Å². The molecule has 2 aliphatic rings. The van der Waals surface area contributed by atoms with E-state index in [1.54, 1.807) is 0 Å². The van der Waals surface area contributed by atoms with E-state index in [0.29, 0.717) is 18.7 Å². The molecule has 2 aromatic carbocycles. The van der Waals surface area contributed by atoms with Crippen molar-refractivity contribution in [2.75, 3.05) is 43.4 Å². The van der Waals surface area contributed by atoms with E-state index in [1.165, 1.54) is 5.56 Å². The van der Waals surface area contributed by atoms with Crippen LogP contribution in [0.25, 0.3) is 0 Å². The van der Waals surface area contributed by atoms with Crippen molar-refractivity contribution in [1.82, 2.24) is 9.80 Å². The fourth-order valence-corrected chi connectivity index (χ4v) is 4.38. The van der Waals surface area contributed by atoms with Gasteiger partial charge >= 0.3 is 0 Å². The normalized spacial score (nSPS) is 19.9. The van der Waals surface area contributed by atoms with Crippen molar-refractivity contribution in [3.8, 4) is 6.07 Å². The molecule has 0 saturated carbocycles. The highest BCUT2D eigenvalue weighted by atomic mass is 16.2. The zero-order valence-electron chi connectivity index (χ0n) is 16.6. The molecule has 2 saturated heterocycles. The number of hydrogen-bond acceptors (Lipinski definition) is 5. The molecule has 2 aromatic rings. The molecule has 2 fully saturated rings. The van der Waals surface area contributed by atoms with Crippen LogP contribution in [0.4, 0.5) is 11.4 Å². The van der Waals surface area contributed by atoms with Gasteiger partial charge in [0.25, 0.3) is 0 Å². The molecule has 6 heteroatoms. The van der Waals surface area contributed by atoms with Crippen molar-refractivity contribution in [3.05, 3.63) is 59.7 Å². The summed E-state index contributed by atoms with van der Waals surface area (Å²) in [5.74, 6) is 0.242. The average molecular weight is 390 g/mol. The van der Waals surface area contributed by atoms with Gasteiger partial charge in [0.05, 0.1) is 17.3 Å². The summed E-state index contributed by atoms with van der Waals surface area (Å²) >= 11 is 0. The number of amides is 1. The lowest BCUT2D eigenvalue weighted by Gasteiger charge is -2.38. The molecule has 29 heavy (non-hydrogen) atoms. The molecule has 1 atom stereocenters. The SMILES string of the molecule is N#Cc1ccccc1N1CCN(C(=O)C2CCCN2Cc2ccc(N)cc2)CC1. The summed E-state index contributed by atoms with van der Waals surface area (Å²) in [6, 6.07) is 17.8. The Bertz CT molecular complexity index is 896. The zero-order chi connectivity index (χ0) is 20.2. The first-order valence-electron chi connectivity index (χ1n) is 10.3. The first kappa shape index (κ1) is 19.3. The van der Waals surface area contributed by atoms with Crippen LogP contribution in [0.5, 0.6) is 0 Å². The summed E-state index contributed by atoms with van der Waals surface area (Å²) < 4.78 is 0. The first-order valence-corrected chi connectivity index (χ1v) is 10.3. The van der Waals surface area contributed by atoms with Gasteiger partial charge in [0.1, 0.15) is 6.07 Å². The summed E-state index contributed by atoms with van der Waals surface area (Å²) in [5, 5.41) is 9.34. The lowest BCUT2D eigenvalue weighted by molar-refractivity contribution is -0.136. The van der Waals surface area contributed by atoms with Gasteiger partial charge in [0.2, 0.25) is 5.91 Å². The van der Waals surface area contributed by atoms with Gasteiger partial charge in [-0.2, -0.15) is 5.26 Å². The molecule has 0 aliphatic carbocycles. The largest absolute Gasteiger partial charge is 0.399 e. The first-order chi connectivity index (χ1) is 14.2. The third-order valence-electron chi connectivity index (χ3n) is 5.97. The minimum Gasteiger partial charge on any atom is -0.399 e. The second kappa shape index (κ2) is 8.54. The van der Waals surface area contributed by atoms with E-state index in [2.05, 4.69) is 15.9 Å². The maximum Gasteiger partial charge on any atom is 0.240 e. The van der Waals surface area contributed by atoms with Crippen molar-refractivity contribution in [2.45, 2.75) is 25.4 Å². The van der Waals surface area contributed by atoms with E-state index >= 15 is 0 Å². The Morgan fingerprint density at radius 1 is 1.03 bits per heavy atom. The second-order valence-corrected chi connectivity index (χ2v) is 7.81. The summed E-state index contributed by atoms with van der Waals surface area (Å²) in [6.45, 7) is 4.66. The average Bonchev–Trinajstić information content (AvgIpc) is 3.23. The van der Waals surface area contributed by atoms with E-state index < -0.39 is 0 Å². The van der Waals surface area contributed by atoms with E-state index in [0.717, 1.165) is 50.4 Å². The second-order valence-electron chi connectivity index (χ2n) is 7.81. The molecule has 0 aromatic heterocycles. The van der Waals surface area contributed by atoms with E-state index in [4.69, 9.17) is 5.73 Å². The molecule has 0 radical (unpaired) electrons. The molecule has 1 unspecified atom stereocenters. The number of piperazine rings is 1. The number of benzene rings is 2. The van der Waals surface area contributed by atoms with Crippen molar-refractivity contribution >= 4 is 17.3 Å². The van der Waals surface area contributed by atoms with Crippen LogP contribution in [0.2, 0.25) is 0 Å². The Hall–Kier alpha value is -3.04. The van der Waals surface area contributed by atoms with Crippen LogP contribution in [0.1, 0.15) is 24.0 Å². The van der Waals surface area contributed by atoms with Gasteiger partial charge in [-0.3, -0.25) is 9.69 Å². The Morgan fingerprint density at radius 2 is 1.76 bits per heavy atom. The van der Waals surface area contributed by atoms with Gasteiger partial charge in [-0.05, 0) is 49.2 Å². The molecule has 2 aliphatic heterocycles. The number of nitrogen functional groups attached to an aromatic ring is 1. The van der Waals surface area contributed by atoms with Gasteiger partial charge in [0.15, 0.2) is 0 Å². The fraction of sp³-hybridized carbons (Fsp3) is 0.391. The van der Waals surface area contributed by atoms with Gasteiger partial charge in [-0.25, -0.2) is 0 Å². The van der Waals surface area contributed by atoms with Crippen molar-refractivity contribution in [3.63, 3.8) is 0 Å². The monoisotopic (exact) mass is 389 g/mol. The number of para-hydroxylation sites is 1. The van der Waals surface area contributed by atoms with Crippen LogP contribution in [0.15, 0.2) is 48.5 Å². The quantitative estimate of drug-likeness (QED) is 0.813. The number of carbonyl (C=O) groups is 1. The number of nitrogens with zero attached hydrogens (tertiary/aromatic N) is 4. The summed E-state index contributed by atoms with van der Waals surface area (Å²) in [6.07, 6.45) is 1.98. The predicted molar refractivity (Wildman–Crippen MR) is 114 cm³/mol. The Morgan fingerprint density at radius 3 is 2.48 bits per heavy atom. The third kappa shape index (κ3) is 4.20. The molecule has 150 valence electrons. The van der Waals surface area contributed by atoms with Gasteiger partial charge in [-0.15, -0.1) is 0 Å². The number of nitriles is 1. The number of rotatable bonds is 4. The highest BCUT2D eigenvalue weighted by molar-refractivity contribution is 5.82. The van der Waals surface area contributed by atoms with E-state index in [1.807, 2.05) is 53.4 Å². The molecule has 1 amide bonds. The highest BCUT2D eigenvalue weighted by Crippen LogP contribution is 2.25. The van der Waals surface area contributed by atoms with Crippen molar-refractivity contribution in [2.24, 2.45) is 0 Å². The number of likely N-dealkylation sites (tertiary alicyclic amines) is 1. The topological polar surface area (TPSA) is 76.6 Å². The molecule has 4 rings (SSSR count). The van der Waals surface area contributed by atoms with Gasteiger partial charge < -0.3 is 15.5 Å². The molecule has 6 nitrogen and oxygen atoms in total. The van der Waals surface area contributed by atoms with Crippen LogP contribution in [-0.4, -0.2) is 54.5 Å². The predicted octanol–water partition coefficient (Wildman–Crippen LogP) is 2.45. The molecule has 2 N–H and O–H groups in total. The van der Waals surface area contributed by atoms with Crippen LogP contribution in [0.3, 0.4) is 0 Å². The van der Waals surface area contributed by atoms with Gasteiger partial charge in [-0.1, -0.05) is 24.3 Å². The smallest absolute Gasteiger partial charge is 0.240 e. The molecule has 0 spiro atoms. The van der Waals surface area contributed by atoms with Crippen LogP contribution < -0.4 is 10.6 Å². The number of anilines is 2. The molecule has 0 bridgehead atoms. The molecular weight excluding hydrogens is 362 g/mol. The van der Waals surface area contributed by atoms with Crippen LogP contribution >= 0.6 is 0 Å². The third-order valence-corrected chi connectivity index (χ3v) is 5.97. The standard InChI is InChI=1S/C23H27N5O/c24-16-19-4-1-2-5-21(19)26-12-14-27(15-13-26)23(29)22-6-3-11-28(22)17-18-7-9-20(25)10-8-18/h1-2,4-5,7-10,22H,3,6,11-15,17,25H2. The maximum absolute atomic E-state index is 13.2. The fourth-order valence-electron chi connectivity index (χ4n) is 4.38. The zero-order valence-corrected chi connectivity index (χ0v) is 16.6. The Kier molecular flexibility index (Phi) is 5.68.